The minimum atomic E-state index is -0.989. The number of carbonyl (C=O) groups excluding carboxylic acids is 2. The van der Waals surface area contributed by atoms with Crippen LogP contribution in [0.5, 0.6) is 0 Å². The molecule has 3 rings (SSSR count). The second-order valence-electron chi connectivity index (χ2n) is 6.61. The molecule has 0 bridgehead atoms. The molecule has 0 unspecified atom stereocenters. The first-order chi connectivity index (χ1) is 11.5. The first-order valence-corrected chi connectivity index (χ1v) is 8.44. The summed E-state index contributed by atoms with van der Waals surface area (Å²) in [4.78, 5) is 37.3. The molecular formula is C18H22N2O4. The fourth-order valence-corrected chi connectivity index (χ4v) is 3.62. The lowest BCUT2D eigenvalue weighted by molar-refractivity contribution is -0.130. The van der Waals surface area contributed by atoms with Gasteiger partial charge in [0.05, 0.1) is 11.5 Å². The van der Waals surface area contributed by atoms with Crippen LogP contribution >= 0.6 is 0 Å². The highest BCUT2D eigenvalue weighted by molar-refractivity contribution is 5.89. The van der Waals surface area contributed by atoms with E-state index in [4.69, 9.17) is 5.11 Å². The van der Waals surface area contributed by atoms with Gasteiger partial charge in [-0.15, -0.1) is 0 Å². The van der Waals surface area contributed by atoms with Gasteiger partial charge in [0.25, 0.3) is 0 Å². The number of hydrogen-bond donors (Lipinski definition) is 2. The van der Waals surface area contributed by atoms with Gasteiger partial charge in [-0.3, -0.25) is 9.59 Å². The minimum Gasteiger partial charge on any atom is -0.478 e. The van der Waals surface area contributed by atoms with Crippen molar-refractivity contribution in [2.24, 2.45) is 5.92 Å². The second kappa shape index (κ2) is 7.03. The van der Waals surface area contributed by atoms with Gasteiger partial charge in [0.1, 0.15) is 0 Å². The number of aromatic carboxylic acids is 1. The van der Waals surface area contributed by atoms with Crippen molar-refractivity contribution in [1.29, 1.82) is 0 Å². The van der Waals surface area contributed by atoms with E-state index < -0.39 is 5.97 Å². The fourth-order valence-electron chi connectivity index (χ4n) is 3.62. The van der Waals surface area contributed by atoms with Crippen LogP contribution in [0.15, 0.2) is 24.3 Å². The topological polar surface area (TPSA) is 86.7 Å². The Morgan fingerprint density at radius 3 is 2.71 bits per heavy atom. The molecule has 0 aromatic heterocycles. The van der Waals surface area contributed by atoms with E-state index in [1.807, 2.05) is 4.90 Å². The maximum absolute atomic E-state index is 12.3. The second-order valence-corrected chi connectivity index (χ2v) is 6.61. The van der Waals surface area contributed by atoms with E-state index in [1.165, 1.54) is 6.07 Å². The van der Waals surface area contributed by atoms with Crippen LogP contribution < -0.4 is 5.32 Å². The molecule has 24 heavy (non-hydrogen) atoms. The largest absolute Gasteiger partial charge is 0.478 e. The monoisotopic (exact) mass is 330 g/mol. The average Bonchev–Trinajstić information content (AvgIpc) is 3.22. The van der Waals surface area contributed by atoms with Gasteiger partial charge in [-0.25, -0.2) is 4.79 Å². The summed E-state index contributed by atoms with van der Waals surface area (Å²) >= 11 is 0. The number of nitrogens with one attached hydrogen (secondary N) is 1. The Bertz CT molecular complexity index is 652. The van der Waals surface area contributed by atoms with Gasteiger partial charge < -0.3 is 15.3 Å². The van der Waals surface area contributed by atoms with Gasteiger partial charge in [0, 0.05) is 25.6 Å². The predicted molar refractivity (Wildman–Crippen MR) is 87.3 cm³/mol. The molecule has 1 atom stereocenters. The van der Waals surface area contributed by atoms with Crippen LogP contribution in [-0.2, 0) is 16.1 Å². The molecule has 1 saturated heterocycles. The lowest BCUT2D eigenvalue weighted by atomic mass is 10.1. The number of nitrogens with zero attached hydrogens (tertiary/aromatic N) is 1. The number of hydrogen-bond acceptors (Lipinski definition) is 3. The zero-order valence-electron chi connectivity index (χ0n) is 13.5. The highest BCUT2D eigenvalue weighted by atomic mass is 16.4. The van der Waals surface area contributed by atoms with Crippen LogP contribution in [0.2, 0.25) is 0 Å². The van der Waals surface area contributed by atoms with Crippen LogP contribution in [0.4, 0.5) is 0 Å². The molecule has 2 fully saturated rings. The van der Waals surface area contributed by atoms with Gasteiger partial charge in [0.2, 0.25) is 11.8 Å². The van der Waals surface area contributed by atoms with Gasteiger partial charge >= 0.3 is 5.97 Å². The van der Waals surface area contributed by atoms with Crippen LogP contribution in [0, 0.1) is 5.92 Å². The van der Waals surface area contributed by atoms with Crippen LogP contribution in [0.25, 0.3) is 0 Å². The summed E-state index contributed by atoms with van der Waals surface area (Å²) in [7, 11) is 0. The van der Waals surface area contributed by atoms with Crippen LogP contribution in [0.1, 0.15) is 48.0 Å². The van der Waals surface area contributed by atoms with E-state index >= 15 is 0 Å². The maximum atomic E-state index is 12.3. The van der Waals surface area contributed by atoms with Gasteiger partial charge in [-0.05, 0) is 30.5 Å². The van der Waals surface area contributed by atoms with Crippen molar-refractivity contribution in [1.82, 2.24) is 10.2 Å². The van der Waals surface area contributed by atoms with Crippen LogP contribution in [-0.4, -0.2) is 40.4 Å². The summed E-state index contributed by atoms with van der Waals surface area (Å²) in [6.07, 6.45) is 4.68. The van der Waals surface area contributed by atoms with E-state index in [1.54, 1.807) is 18.2 Å². The van der Waals surface area contributed by atoms with Gasteiger partial charge in [-0.1, -0.05) is 25.0 Å². The Hall–Kier alpha value is -2.37. The fraction of sp³-hybridized carbons (Fsp3) is 0.500. The van der Waals surface area contributed by atoms with E-state index in [9.17, 15) is 14.4 Å². The number of rotatable bonds is 5. The zero-order chi connectivity index (χ0) is 17.1. The van der Waals surface area contributed by atoms with Crippen molar-refractivity contribution < 1.29 is 19.5 Å². The molecule has 1 heterocycles. The number of amides is 2. The number of carboxylic acids is 1. The Kier molecular flexibility index (Phi) is 4.83. The van der Waals surface area contributed by atoms with E-state index in [2.05, 4.69) is 5.32 Å². The summed E-state index contributed by atoms with van der Waals surface area (Å²) in [6, 6.07) is 6.81. The Balaban J connectivity index is 1.55. The zero-order valence-corrected chi connectivity index (χ0v) is 13.5. The van der Waals surface area contributed by atoms with Crippen molar-refractivity contribution >= 4 is 17.8 Å². The summed E-state index contributed by atoms with van der Waals surface area (Å²) in [6.45, 7) is 0.776. The Morgan fingerprint density at radius 2 is 2.00 bits per heavy atom. The van der Waals surface area contributed by atoms with Crippen molar-refractivity contribution in [2.75, 3.05) is 6.54 Å². The highest BCUT2D eigenvalue weighted by Gasteiger charge is 2.38. The molecule has 1 aliphatic heterocycles. The molecule has 1 aliphatic carbocycles. The van der Waals surface area contributed by atoms with Crippen molar-refractivity contribution in [3.8, 4) is 0 Å². The molecule has 6 nitrogen and oxygen atoms in total. The highest BCUT2D eigenvalue weighted by Crippen LogP contribution is 2.29. The molecule has 128 valence electrons. The number of carbonyl (C=O) groups is 3. The van der Waals surface area contributed by atoms with Gasteiger partial charge in [0.15, 0.2) is 0 Å². The quantitative estimate of drug-likeness (QED) is 0.862. The summed E-state index contributed by atoms with van der Waals surface area (Å²) in [5.74, 6) is -1.35. The third-order valence-corrected chi connectivity index (χ3v) is 4.94. The molecule has 2 N–H and O–H groups in total. The van der Waals surface area contributed by atoms with Crippen LogP contribution in [0.3, 0.4) is 0 Å². The third kappa shape index (κ3) is 3.58. The first kappa shape index (κ1) is 16.5. The third-order valence-electron chi connectivity index (χ3n) is 4.94. The maximum Gasteiger partial charge on any atom is 0.335 e. The lowest BCUT2D eigenvalue weighted by Crippen LogP contribution is -2.36. The normalized spacial score (nSPS) is 21.2. The van der Waals surface area contributed by atoms with E-state index in [0.29, 0.717) is 12.6 Å². The minimum absolute atomic E-state index is 0.0786. The predicted octanol–water partition coefficient (Wildman–Crippen LogP) is 1.79. The van der Waals surface area contributed by atoms with Crippen molar-refractivity contribution in [3.05, 3.63) is 35.4 Å². The van der Waals surface area contributed by atoms with Crippen molar-refractivity contribution in [2.45, 2.75) is 44.7 Å². The molecular weight excluding hydrogens is 308 g/mol. The summed E-state index contributed by atoms with van der Waals surface area (Å²) < 4.78 is 0. The molecule has 2 aliphatic rings. The summed E-state index contributed by atoms with van der Waals surface area (Å²) in [5.41, 5.74) is 0.936. The smallest absolute Gasteiger partial charge is 0.335 e. The first-order valence-electron chi connectivity index (χ1n) is 8.44. The van der Waals surface area contributed by atoms with Crippen molar-refractivity contribution in [3.63, 3.8) is 0 Å². The molecule has 1 aromatic carbocycles. The SMILES string of the molecule is O=C(O)c1cccc(CNC(=O)[C@H]2CC(=O)N(C3CCCC3)C2)c1. The number of carboxylic acid groups (broad SMARTS) is 1. The molecule has 0 radical (unpaired) electrons. The van der Waals surface area contributed by atoms with Gasteiger partial charge in [-0.2, -0.15) is 0 Å². The molecule has 2 amide bonds. The number of likely N-dealkylation sites (tertiary alicyclic amines) is 1. The standard InChI is InChI=1S/C18H22N2O4/c21-16-9-14(11-20(16)15-6-1-2-7-15)17(22)19-10-12-4-3-5-13(8-12)18(23)24/h3-5,8,14-15H,1-2,6-7,9-11H2,(H,19,22)(H,23,24)/t14-/m0/s1. The lowest BCUT2D eigenvalue weighted by Gasteiger charge is -2.23. The number of benzene rings is 1. The molecule has 1 saturated carbocycles. The average molecular weight is 330 g/mol. The molecule has 1 aromatic rings. The van der Waals surface area contributed by atoms with E-state index in [-0.39, 0.29) is 36.3 Å². The molecule has 0 spiro atoms. The molecule has 6 heteroatoms. The summed E-state index contributed by atoms with van der Waals surface area (Å²) in [5, 5.41) is 11.8. The Morgan fingerprint density at radius 1 is 1.25 bits per heavy atom. The van der Waals surface area contributed by atoms with E-state index in [0.717, 1.165) is 31.2 Å². The Labute approximate surface area is 140 Å².